The topological polar surface area (TPSA) is 18.5 Å². The monoisotopic (exact) mass is 154 g/mol. The number of alkyl halides is 2. The Morgan fingerprint density at radius 2 is 1.90 bits per heavy atom. The maximum Gasteiger partial charge on any atom is 0.261 e. The van der Waals surface area contributed by atoms with Gasteiger partial charge in [0.15, 0.2) is 0 Å². The summed E-state index contributed by atoms with van der Waals surface area (Å²) in [7, 11) is 1.50. The molecule has 10 heavy (non-hydrogen) atoms. The van der Waals surface area contributed by atoms with Crippen LogP contribution in [0.2, 0.25) is 0 Å². The van der Waals surface area contributed by atoms with Crippen LogP contribution in [0.25, 0.3) is 0 Å². The second-order valence-corrected chi connectivity index (χ2v) is 1.99. The van der Waals surface area contributed by atoms with Gasteiger partial charge >= 0.3 is 0 Å². The minimum absolute atomic E-state index is 0.251. The Morgan fingerprint density at radius 1 is 1.30 bits per heavy atom. The molecule has 0 aromatic heterocycles. The molecule has 0 aromatic carbocycles. The number of rotatable bonds is 5. The number of halogens is 2. The minimum Gasteiger partial charge on any atom is -0.382 e. The molecular formula is C6H12F2O2. The third kappa shape index (κ3) is 5.91. The Hall–Kier alpha value is -0.220. The molecule has 0 rings (SSSR count). The van der Waals surface area contributed by atoms with Crippen molar-refractivity contribution in [2.45, 2.75) is 19.5 Å². The van der Waals surface area contributed by atoms with Crippen LogP contribution in [0.15, 0.2) is 0 Å². The van der Waals surface area contributed by atoms with E-state index in [1.165, 1.54) is 7.11 Å². The molecule has 1 unspecified atom stereocenters. The van der Waals surface area contributed by atoms with Gasteiger partial charge in [-0.1, -0.05) is 0 Å². The normalized spacial score (nSPS) is 14.1. The molecule has 0 aliphatic heterocycles. The first kappa shape index (κ1) is 9.78. The summed E-state index contributed by atoms with van der Waals surface area (Å²) in [6.07, 6.45) is -2.64. The van der Waals surface area contributed by atoms with Crippen molar-refractivity contribution in [3.63, 3.8) is 0 Å². The summed E-state index contributed by atoms with van der Waals surface area (Å²) >= 11 is 0. The van der Waals surface area contributed by atoms with E-state index in [9.17, 15) is 8.78 Å². The second-order valence-electron chi connectivity index (χ2n) is 1.99. The van der Waals surface area contributed by atoms with Crippen molar-refractivity contribution in [3.8, 4) is 0 Å². The molecule has 0 radical (unpaired) electrons. The molecule has 0 aliphatic carbocycles. The number of methoxy groups -OCH3 is 1. The molecule has 0 bridgehead atoms. The third-order valence-electron chi connectivity index (χ3n) is 0.908. The van der Waals surface area contributed by atoms with E-state index in [1.54, 1.807) is 6.92 Å². The maximum atomic E-state index is 11.5. The van der Waals surface area contributed by atoms with Gasteiger partial charge in [0.2, 0.25) is 0 Å². The van der Waals surface area contributed by atoms with Gasteiger partial charge in [-0.15, -0.1) is 0 Å². The maximum absolute atomic E-state index is 11.5. The van der Waals surface area contributed by atoms with E-state index in [0.29, 0.717) is 6.61 Å². The van der Waals surface area contributed by atoms with Gasteiger partial charge in [-0.25, -0.2) is 8.78 Å². The molecule has 0 spiro atoms. The molecule has 1 atom stereocenters. The minimum atomic E-state index is -2.39. The lowest BCUT2D eigenvalue weighted by atomic mass is 10.4. The van der Waals surface area contributed by atoms with Crippen molar-refractivity contribution < 1.29 is 18.3 Å². The Kier molecular flexibility index (Phi) is 5.43. The zero-order valence-corrected chi connectivity index (χ0v) is 6.14. The SMILES string of the molecule is COCC(C)OCC(F)F. The van der Waals surface area contributed by atoms with Crippen LogP contribution >= 0.6 is 0 Å². The highest BCUT2D eigenvalue weighted by atomic mass is 19.3. The highest BCUT2D eigenvalue weighted by molar-refractivity contribution is 4.46. The summed E-state index contributed by atoms with van der Waals surface area (Å²) in [5.41, 5.74) is 0. The van der Waals surface area contributed by atoms with Crippen molar-refractivity contribution in [3.05, 3.63) is 0 Å². The summed E-state index contributed by atoms with van der Waals surface area (Å²) in [5, 5.41) is 0. The molecule has 0 saturated carbocycles. The van der Waals surface area contributed by atoms with Crippen LogP contribution in [0.4, 0.5) is 8.78 Å². The van der Waals surface area contributed by atoms with Gasteiger partial charge in [0.1, 0.15) is 6.61 Å². The van der Waals surface area contributed by atoms with Crippen molar-refractivity contribution >= 4 is 0 Å². The molecule has 62 valence electrons. The van der Waals surface area contributed by atoms with Gasteiger partial charge in [-0.2, -0.15) is 0 Å². The lowest BCUT2D eigenvalue weighted by Gasteiger charge is -2.10. The molecule has 0 saturated heterocycles. The third-order valence-corrected chi connectivity index (χ3v) is 0.908. The molecule has 0 fully saturated rings. The predicted molar refractivity (Wildman–Crippen MR) is 33.3 cm³/mol. The average molecular weight is 154 g/mol. The first-order valence-corrected chi connectivity index (χ1v) is 3.05. The van der Waals surface area contributed by atoms with Crippen molar-refractivity contribution in [2.75, 3.05) is 20.3 Å². The molecule has 2 nitrogen and oxygen atoms in total. The molecule has 0 amide bonds. The van der Waals surface area contributed by atoms with Gasteiger partial charge in [0, 0.05) is 7.11 Å². The highest BCUT2D eigenvalue weighted by Gasteiger charge is 2.06. The van der Waals surface area contributed by atoms with E-state index >= 15 is 0 Å². The fourth-order valence-electron chi connectivity index (χ4n) is 0.520. The lowest BCUT2D eigenvalue weighted by molar-refractivity contribution is -0.0428. The largest absolute Gasteiger partial charge is 0.382 e. The van der Waals surface area contributed by atoms with Crippen LogP contribution in [-0.4, -0.2) is 32.9 Å². The van der Waals surface area contributed by atoms with Crippen LogP contribution in [0, 0.1) is 0 Å². The summed E-state index contributed by atoms with van der Waals surface area (Å²) in [6.45, 7) is 1.53. The number of hydrogen-bond acceptors (Lipinski definition) is 2. The number of hydrogen-bond donors (Lipinski definition) is 0. The zero-order chi connectivity index (χ0) is 7.98. The van der Waals surface area contributed by atoms with Crippen LogP contribution in [0.5, 0.6) is 0 Å². The molecule has 0 heterocycles. The summed E-state index contributed by atoms with van der Waals surface area (Å²) in [5.74, 6) is 0. The van der Waals surface area contributed by atoms with E-state index in [4.69, 9.17) is 0 Å². The molecule has 0 N–H and O–H groups in total. The van der Waals surface area contributed by atoms with Crippen LogP contribution in [0.3, 0.4) is 0 Å². The van der Waals surface area contributed by atoms with Gasteiger partial charge in [-0.3, -0.25) is 0 Å². The highest BCUT2D eigenvalue weighted by Crippen LogP contribution is 1.97. The second kappa shape index (κ2) is 5.56. The lowest BCUT2D eigenvalue weighted by Crippen LogP contribution is -2.18. The standard InChI is InChI=1S/C6H12F2O2/c1-5(3-9-2)10-4-6(7)8/h5-6H,3-4H2,1-2H3. The first-order chi connectivity index (χ1) is 4.66. The Balaban J connectivity index is 3.12. The fourth-order valence-corrected chi connectivity index (χ4v) is 0.520. The van der Waals surface area contributed by atoms with E-state index in [2.05, 4.69) is 9.47 Å². The molecule has 0 aromatic rings. The van der Waals surface area contributed by atoms with Crippen LogP contribution < -0.4 is 0 Å². The van der Waals surface area contributed by atoms with Crippen LogP contribution in [0.1, 0.15) is 6.92 Å². The Morgan fingerprint density at radius 3 is 2.30 bits per heavy atom. The fraction of sp³-hybridized carbons (Fsp3) is 1.00. The van der Waals surface area contributed by atoms with E-state index in [-0.39, 0.29) is 6.10 Å². The average Bonchev–Trinajstić information content (AvgIpc) is 1.85. The number of ether oxygens (including phenoxy) is 2. The van der Waals surface area contributed by atoms with E-state index in [1.807, 2.05) is 0 Å². The summed E-state index contributed by atoms with van der Waals surface area (Å²) in [4.78, 5) is 0. The predicted octanol–water partition coefficient (Wildman–Crippen LogP) is 1.30. The van der Waals surface area contributed by atoms with Gasteiger partial charge in [-0.05, 0) is 6.92 Å². The summed E-state index contributed by atoms with van der Waals surface area (Å²) < 4.78 is 32.3. The van der Waals surface area contributed by atoms with E-state index in [0.717, 1.165) is 0 Å². The Labute approximate surface area is 59.1 Å². The molecule has 4 heteroatoms. The van der Waals surface area contributed by atoms with Gasteiger partial charge in [0.25, 0.3) is 6.43 Å². The van der Waals surface area contributed by atoms with Crippen molar-refractivity contribution in [1.82, 2.24) is 0 Å². The summed E-state index contributed by atoms with van der Waals surface area (Å²) in [6, 6.07) is 0. The first-order valence-electron chi connectivity index (χ1n) is 3.05. The smallest absolute Gasteiger partial charge is 0.261 e. The Bertz CT molecular complexity index is 78.1. The van der Waals surface area contributed by atoms with Crippen molar-refractivity contribution in [2.24, 2.45) is 0 Å². The van der Waals surface area contributed by atoms with Gasteiger partial charge < -0.3 is 9.47 Å². The quantitative estimate of drug-likeness (QED) is 0.594. The molecular weight excluding hydrogens is 142 g/mol. The van der Waals surface area contributed by atoms with E-state index < -0.39 is 13.0 Å². The van der Waals surface area contributed by atoms with Crippen LogP contribution in [-0.2, 0) is 9.47 Å². The van der Waals surface area contributed by atoms with Gasteiger partial charge in [0.05, 0.1) is 12.7 Å². The van der Waals surface area contributed by atoms with Crippen molar-refractivity contribution in [1.29, 1.82) is 0 Å². The zero-order valence-electron chi connectivity index (χ0n) is 6.14. The molecule has 0 aliphatic rings.